The van der Waals surface area contributed by atoms with Gasteiger partial charge in [0, 0.05) is 0 Å². The van der Waals surface area contributed by atoms with Crippen LogP contribution in [0.4, 0.5) is 0 Å². The molecule has 49 heavy (non-hydrogen) atoms. The second kappa shape index (κ2) is 11.8. The van der Waals surface area contributed by atoms with Gasteiger partial charge in [-0.05, 0) is 156 Å². The summed E-state index contributed by atoms with van der Waals surface area (Å²) in [4.78, 5) is 0. The summed E-state index contributed by atoms with van der Waals surface area (Å²) >= 11 is 0. The fourth-order valence-electron chi connectivity index (χ4n) is 15.8. The Labute approximate surface area is 303 Å². The van der Waals surface area contributed by atoms with Crippen LogP contribution < -0.4 is 10.4 Å². The quantitative estimate of drug-likeness (QED) is 0.283. The molecule has 0 N–H and O–H groups in total. The third kappa shape index (κ3) is 5.29. The lowest BCUT2D eigenvalue weighted by atomic mass is 9.48. The van der Waals surface area contributed by atoms with Crippen LogP contribution >= 0.6 is 0 Å². The molecule has 0 nitrogen and oxygen atoms in total. The van der Waals surface area contributed by atoms with Crippen molar-refractivity contribution in [3.63, 3.8) is 0 Å². The Bertz CT molecular complexity index is 1370. The first-order chi connectivity index (χ1) is 23.1. The van der Waals surface area contributed by atoms with E-state index in [1.54, 1.807) is 10.4 Å². The minimum atomic E-state index is -2.30. The van der Waals surface area contributed by atoms with Crippen molar-refractivity contribution in [2.75, 3.05) is 0 Å². The summed E-state index contributed by atoms with van der Waals surface area (Å²) in [7, 11) is -2.30. The van der Waals surface area contributed by atoms with E-state index in [1.165, 1.54) is 64.2 Å². The third-order valence-corrected chi connectivity index (χ3v) is 24.9. The maximum Gasteiger partial charge on any atom is 0.125 e. The molecular weight excluding hydrogens is 605 g/mol. The maximum absolute atomic E-state index is 2.76. The normalized spacial score (nSPS) is 43.1. The maximum atomic E-state index is 2.76. The van der Waals surface area contributed by atoms with Crippen LogP contribution in [0.1, 0.15) is 133 Å². The minimum absolute atomic E-state index is 0.467. The Hall–Kier alpha value is -1.34. The summed E-state index contributed by atoms with van der Waals surface area (Å²) in [5.74, 6) is 8.74. The predicted molar refractivity (Wildman–Crippen MR) is 213 cm³/mol. The Balaban J connectivity index is 1.30. The highest BCUT2D eigenvalue weighted by Gasteiger charge is 2.67. The van der Waals surface area contributed by atoms with E-state index >= 15 is 0 Å². The largest absolute Gasteiger partial charge is 0.125 e. The molecule has 0 spiro atoms. The van der Waals surface area contributed by atoms with Crippen molar-refractivity contribution >= 4 is 18.4 Å². The van der Waals surface area contributed by atoms with E-state index in [2.05, 4.69) is 130 Å². The third-order valence-electron chi connectivity index (χ3n) is 18.2. The van der Waals surface area contributed by atoms with Gasteiger partial charge in [-0.15, -0.1) is 0 Å². The van der Waals surface area contributed by atoms with Gasteiger partial charge in [-0.25, -0.2) is 0 Å². The summed E-state index contributed by atoms with van der Waals surface area (Å²) in [5, 5.41) is 3.60. The SMILES string of the molecule is CC1CC2CC3C(CC2C1[Si](c1ccccc1)(c1ccccc1)C1C(C)CC2CC4C(CC21)C(C)(C)CCC4(C)C)C(C)(C)CCC3(C)C. The smallest absolute Gasteiger partial charge is 0.0626 e. The molecule has 0 aliphatic heterocycles. The summed E-state index contributed by atoms with van der Waals surface area (Å²) in [5.41, 5.74) is 3.59. The number of fused-ring (bicyclic) bond motifs is 4. The topological polar surface area (TPSA) is 0 Å². The first-order valence-electron chi connectivity index (χ1n) is 21.2. The zero-order chi connectivity index (χ0) is 34.7. The van der Waals surface area contributed by atoms with Crippen molar-refractivity contribution in [3.8, 4) is 0 Å². The monoisotopic (exact) mass is 677 g/mol. The average Bonchev–Trinajstić information content (AvgIpc) is 3.57. The van der Waals surface area contributed by atoms with Gasteiger partial charge >= 0.3 is 0 Å². The van der Waals surface area contributed by atoms with Crippen molar-refractivity contribution in [1.82, 2.24) is 0 Å². The molecule has 12 atom stereocenters. The molecule has 0 aromatic heterocycles. The molecule has 0 amide bonds. The van der Waals surface area contributed by atoms with Gasteiger partial charge in [0.2, 0.25) is 0 Å². The first-order valence-corrected chi connectivity index (χ1v) is 23.3. The van der Waals surface area contributed by atoms with E-state index < -0.39 is 8.07 Å². The minimum Gasteiger partial charge on any atom is -0.0626 e. The molecule has 6 aliphatic carbocycles. The molecule has 8 rings (SSSR count). The van der Waals surface area contributed by atoms with Crippen LogP contribution in [0.15, 0.2) is 60.7 Å². The van der Waals surface area contributed by atoms with Gasteiger partial charge in [-0.2, -0.15) is 0 Å². The van der Waals surface area contributed by atoms with Gasteiger partial charge in [0.05, 0.1) is 0 Å². The van der Waals surface area contributed by atoms with Crippen LogP contribution in [0, 0.1) is 80.8 Å². The number of hydrogen-bond acceptors (Lipinski definition) is 0. The molecule has 6 fully saturated rings. The second-order valence-corrected chi connectivity index (χ2v) is 26.5. The Morgan fingerprint density at radius 3 is 1.06 bits per heavy atom. The lowest BCUT2D eigenvalue weighted by molar-refractivity contribution is -0.0736. The molecule has 0 radical (unpaired) electrons. The van der Waals surface area contributed by atoms with Crippen molar-refractivity contribution in [2.45, 2.75) is 145 Å². The molecule has 0 heterocycles. The second-order valence-electron chi connectivity index (χ2n) is 22.2. The van der Waals surface area contributed by atoms with Crippen LogP contribution in [0.2, 0.25) is 11.1 Å². The molecule has 6 aliphatic rings. The van der Waals surface area contributed by atoms with Crippen molar-refractivity contribution in [2.24, 2.45) is 80.8 Å². The number of benzene rings is 2. The molecular formula is C48H72Si. The molecule has 0 bridgehead atoms. The van der Waals surface area contributed by atoms with E-state index in [9.17, 15) is 0 Å². The van der Waals surface area contributed by atoms with E-state index in [0.717, 1.165) is 70.3 Å². The lowest BCUT2D eigenvalue weighted by Gasteiger charge is -2.60. The van der Waals surface area contributed by atoms with Gasteiger partial charge in [0.25, 0.3) is 0 Å². The van der Waals surface area contributed by atoms with Crippen molar-refractivity contribution in [3.05, 3.63) is 60.7 Å². The standard InChI is InChI=1S/C48H72Si/c1-31-25-33-27-39-41(47(7,8)23-21-45(39,3)4)29-37(33)43(31)49(35-17-13-11-14-18-35,36-19-15-12-16-20-36)44-32(2)26-34-28-40-42(30-38(34)44)48(9,10)24-22-46(40,5)6/h11-20,31-34,37-44H,21-30H2,1-10H3. The van der Waals surface area contributed by atoms with Gasteiger partial charge in [-0.3, -0.25) is 0 Å². The lowest BCUT2D eigenvalue weighted by Crippen LogP contribution is -2.68. The molecule has 268 valence electrons. The van der Waals surface area contributed by atoms with Crippen molar-refractivity contribution < 1.29 is 0 Å². The molecule has 12 unspecified atom stereocenters. The van der Waals surface area contributed by atoms with E-state index in [0.29, 0.717) is 21.7 Å². The van der Waals surface area contributed by atoms with Gasteiger partial charge in [0.1, 0.15) is 8.07 Å². The Morgan fingerprint density at radius 2 is 0.735 bits per heavy atom. The fourth-order valence-corrected chi connectivity index (χ4v) is 23.8. The molecule has 1 heteroatoms. The van der Waals surface area contributed by atoms with E-state index in [-0.39, 0.29) is 0 Å². The molecule has 6 saturated carbocycles. The van der Waals surface area contributed by atoms with Gasteiger partial charge in [0.15, 0.2) is 0 Å². The summed E-state index contributed by atoms with van der Waals surface area (Å²) in [6.07, 6.45) is 14.6. The van der Waals surface area contributed by atoms with E-state index in [4.69, 9.17) is 0 Å². The van der Waals surface area contributed by atoms with E-state index in [1.807, 2.05) is 0 Å². The van der Waals surface area contributed by atoms with Crippen LogP contribution in [-0.2, 0) is 0 Å². The zero-order valence-corrected chi connectivity index (χ0v) is 34.3. The highest BCUT2D eigenvalue weighted by Crippen LogP contribution is 2.71. The summed E-state index contributed by atoms with van der Waals surface area (Å²) in [6, 6.07) is 25.0. The fraction of sp³-hybridized carbons (Fsp3) is 0.750. The zero-order valence-electron chi connectivity index (χ0n) is 33.3. The molecule has 2 aromatic rings. The van der Waals surface area contributed by atoms with Crippen LogP contribution in [0.3, 0.4) is 0 Å². The van der Waals surface area contributed by atoms with Crippen LogP contribution in [0.25, 0.3) is 0 Å². The first kappa shape index (κ1) is 34.7. The van der Waals surface area contributed by atoms with Crippen LogP contribution in [0.5, 0.6) is 0 Å². The summed E-state index contributed by atoms with van der Waals surface area (Å²) in [6.45, 7) is 26.8. The predicted octanol–water partition coefficient (Wildman–Crippen LogP) is 12.3. The molecule has 2 aromatic carbocycles. The Kier molecular flexibility index (Phi) is 8.39. The summed E-state index contributed by atoms with van der Waals surface area (Å²) < 4.78 is 0. The number of rotatable bonds is 4. The van der Waals surface area contributed by atoms with Crippen molar-refractivity contribution in [1.29, 1.82) is 0 Å². The highest BCUT2D eigenvalue weighted by atomic mass is 28.3. The van der Waals surface area contributed by atoms with Crippen LogP contribution in [-0.4, -0.2) is 8.07 Å². The number of hydrogen-bond donors (Lipinski definition) is 0. The Morgan fingerprint density at radius 1 is 0.429 bits per heavy atom. The van der Waals surface area contributed by atoms with Gasteiger partial charge in [-0.1, -0.05) is 140 Å². The highest BCUT2D eigenvalue weighted by molar-refractivity contribution is 7.04. The molecule has 0 saturated heterocycles. The average molecular weight is 677 g/mol. The van der Waals surface area contributed by atoms with Gasteiger partial charge < -0.3 is 0 Å².